The number of aromatic nitrogens is 5. The number of amides is 1. The smallest absolute Gasteiger partial charge is 0.269 e. The van der Waals surface area contributed by atoms with Crippen molar-refractivity contribution in [3.05, 3.63) is 48.2 Å². The van der Waals surface area contributed by atoms with Crippen LogP contribution in [0.3, 0.4) is 0 Å². The Hall–Kier alpha value is -3.55. The van der Waals surface area contributed by atoms with Crippen LogP contribution in [0.15, 0.2) is 41.2 Å². The van der Waals surface area contributed by atoms with Crippen LogP contribution in [0.2, 0.25) is 0 Å². The summed E-state index contributed by atoms with van der Waals surface area (Å²) >= 11 is 0. The Labute approximate surface area is 155 Å². The number of aryl methyl sites for hydroxylation is 2. The molecule has 0 fully saturated rings. The Morgan fingerprint density at radius 2 is 1.93 bits per heavy atom. The summed E-state index contributed by atoms with van der Waals surface area (Å²) in [5.74, 6) is 0.962. The molecule has 0 radical (unpaired) electrons. The van der Waals surface area contributed by atoms with E-state index in [1.54, 1.807) is 38.3 Å². The number of carbonyl (C=O) groups is 1. The van der Waals surface area contributed by atoms with E-state index in [-0.39, 0.29) is 5.91 Å². The predicted octanol–water partition coefficient (Wildman–Crippen LogP) is 2.70. The van der Waals surface area contributed by atoms with Crippen molar-refractivity contribution < 1.29 is 9.32 Å². The number of rotatable bonds is 3. The molecule has 8 heteroatoms. The van der Waals surface area contributed by atoms with Crippen molar-refractivity contribution in [1.29, 1.82) is 0 Å². The van der Waals surface area contributed by atoms with Crippen LogP contribution in [0.5, 0.6) is 0 Å². The van der Waals surface area contributed by atoms with Gasteiger partial charge in [0, 0.05) is 45.2 Å². The lowest BCUT2D eigenvalue weighted by molar-refractivity contribution is 0.0819. The molecule has 0 aliphatic heterocycles. The fraction of sp³-hybridized carbons (Fsp3) is 0.211. The molecule has 0 unspecified atom stereocenters. The van der Waals surface area contributed by atoms with E-state index in [1.807, 2.05) is 35.9 Å². The topological polar surface area (TPSA) is 89.9 Å². The Kier molecular flexibility index (Phi) is 3.95. The molecule has 4 rings (SSSR count). The third-order valence-electron chi connectivity index (χ3n) is 4.36. The maximum Gasteiger partial charge on any atom is 0.269 e. The second-order valence-electron chi connectivity index (χ2n) is 6.48. The second kappa shape index (κ2) is 6.31. The number of fused-ring (bicyclic) bond motifs is 1. The molecule has 0 aromatic carbocycles. The van der Waals surface area contributed by atoms with Crippen molar-refractivity contribution >= 4 is 16.8 Å². The summed E-state index contributed by atoms with van der Waals surface area (Å²) in [5, 5.41) is 4.87. The minimum Gasteiger partial charge on any atom is -0.343 e. The normalized spacial score (nSPS) is 11.1. The highest BCUT2D eigenvalue weighted by molar-refractivity contribution is 5.98. The van der Waals surface area contributed by atoms with Crippen molar-refractivity contribution in [2.24, 2.45) is 7.05 Å². The van der Waals surface area contributed by atoms with E-state index >= 15 is 0 Å². The molecule has 4 aromatic rings. The molecule has 27 heavy (non-hydrogen) atoms. The molecule has 0 bridgehead atoms. The van der Waals surface area contributed by atoms with E-state index in [2.05, 4.69) is 20.1 Å². The van der Waals surface area contributed by atoms with E-state index in [0.717, 1.165) is 16.5 Å². The van der Waals surface area contributed by atoms with Gasteiger partial charge in [-0.15, -0.1) is 0 Å². The van der Waals surface area contributed by atoms with Gasteiger partial charge in [0.15, 0.2) is 0 Å². The standard InChI is InChI=1S/C19H18N6O2/c1-11-22-18(23-27-11)12-5-6-20-14(7-12)15-8-13-9-16(19(26)24(2)3)25(4)17(13)10-21-15/h5-10H,1-4H3. The van der Waals surface area contributed by atoms with Gasteiger partial charge in [0.25, 0.3) is 5.91 Å². The van der Waals surface area contributed by atoms with E-state index in [0.29, 0.717) is 28.8 Å². The molecule has 0 saturated carbocycles. The summed E-state index contributed by atoms with van der Waals surface area (Å²) in [6.45, 7) is 1.75. The van der Waals surface area contributed by atoms with Gasteiger partial charge in [0.1, 0.15) is 5.69 Å². The Morgan fingerprint density at radius 3 is 2.63 bits per heavy atom. The third-order valence-corrected chi connectivity index (χ3v) is 4.36. The molecule has 0 atom stereocenters. The SMILES string of the molecule is Cc1nc(-c2ccnc(-c3cc4cc(C(=O)N(C)C)n(C)c4cn3)c2)no1. The van der Waals surface area contributed by atoms with Crippen LogP contribution < -0.4 is 0 Å². The Bertz CT molecular complexity index is 1160. The minimum absolute atomic E-state index is 0.0529. The number of hydrogen-bond donors (Lipinski definition) is 0. The van der Waals surface area contributed by atoms with E-state index < -0.39 is 0 Å². The van der Waals surface area contributed by atoms with Gasteiger partial charge in [0.2, 0.25) is 11.7 Å². The molecule has 4 heterocycles. The van der Waals surface area contributed by atoms with Crippen LogP contribution in [0.4, 0.5) is 0 Å². The van der Waals surface area contributed by atoms with Crippen LogP contribution in [0.1, 0.15) is 16.4 Å². The van der Waals surface area contributed by atoms with Crippen LogP contribution in [-0.4, -0.2) is 49.6 Å². The fourth-order valence-electron chi connectivity index (χ4n) is 2.93. The summed E-state index contributed by atoms with van der Waals surface area (Å²) in [6.07, 6.45) is 3.44. The number of carbonyl (C=O) groups excluding carboxylic acids is 1. The molecule has 1 amide bonds. The van der Waals surface area contributed by atoms with Crippen LogP contribution >= 0.6 is 0 Å². The lowest BCUT2D eigenvalue weighted by Crippen LogP contribution is -2.23. The van der Waals surface area contributed by atoms with Gasteiger partial charge in [0.05, 0.1) is 23.1 Å². The largest absolute Gasteiger partial charge is 0.343 e. The van der Waals surface area contributed by atoms with Crippen molar-refractivity contribution in [2.45, 2.75) is 6.92 Å². The van der Waals surface area contributed by atoms with Crippen LogP contribution in [0.25, 0.3) is 33.7 Å². The minimum atomic E-state index is -0.0529. The van der Waals surface area contributed by atoms with E-state index in [9.17, 15) is 4.79 Å². The Balaban J connectivity index is 1.77. The van der Waals surface area contributed by atoms with Gasteiger partial charge in [-0.25, -0.2) is 0 Å². The van der Waals surface area contributed by atoms with Crippen molar-refractivity contribution in [3.63, 3.8) is 0 Å². The monoisotopic (exact) mass is 362 g/mol. The molecule has 0 aliphatic rings. The third kappa shape index (κ3) is 2.95. The Morgan fingerprint density at radius 1 is 1.15 bits per heavy atom. The number of hydrogen-bond acceptors (Lipinski definition) is 6. The van der Waals surface area contributed by atoms with Gasteiger partial charge in [-0.3, -0.25) is 14.8 Å². The second-order valence-corrected chi connectivity index (χ2v) is 6.48. The van der Waals surface area contributed by atoms with E-state index in [4.69, 9.17) is 4.52 Å². The predicted molar refractivity (Wildman–Crippen MR) is 100.0 cm³/mol. The molecule has 0 spiro atoms. The van der Waals surface area contributed by atoms with Gasteiger partial charge in [-0.05, 0) is 24.3 Å². The molecule has 0 aliphatic carbocycles. The molecular formula is C19H18N6O2. The number of nitrogens with zero attached hydrogens (tertiary/aromatic N) is 6. The van der Waals surface area contributed by atoms with Gasteiger partial charge < -0.3 is 14.0 Å². The summed E-state index contributed by atoms with van der Waals surface area (Å²) in [7, 11) is 5.33. The van der Waals surface area contributed by atoms with Crippen LogP contribution in [-0.2, 0) is 7.05 Å². The summed E-state index contributed by atoms with van der Waals surface area (Å²) in [4.78, 5) is 27.1. The first-order valence-electron chi connectivity index (χ1n) is 8.38. The quantitative estimate of drug-likeness (QED) is 0.557. The maximum absolute atomic E-state index is 12.3. The zero-order valence-electron chi connectivity index (χ0n) is 15.5. The first-order valence-corrected chi connectivity index (χ1v) is 8.38. The molecule has 0 N–H and O–H groups in total. The lowest BCUT2D eigenvalue weighted by Gasteiger charge is -2.10. The van der Waals surface area contributed by atoms with Crippen molar-refractivity contribution in [3.8, 4) is 22.8 Å². The average molecular weight is 362 g/mol. The van der Waals surface area contributed by atoms with Gasteiger partial charge in [-0.1, -0.05) is 5.16 Å². The number of pyridine rings is 2. The highest BCUT2D eigenvalue weighted by Crippen LogP contribution is 2.26. The molecule has 0 saturated heterocycles. The van der Waals surface area contributed by atoms with Gasteiger partial charge >= 0.3 is 0 Å². The fourth-order valence-corrected chi connectivity index (χ4v) is 2.93. The maximum atomic E-state index is 12.3. The van der Waals surface area contributed by atoms with Crippen LogP contribution in [0, 0.1) is 6.92 Å². The van der Waals surface area contributed by atoms with Crippen molar-refractivity contribution in [2.75, 3.05) is 14.1 Å². The summed E-state index contributed by atoms with van der Waals surface area (Å²) in [5.41, 5.74) is 3.70. The van der Waals surface area contributed by atoms with Crippen molar-refractivity contribution in [1.82, 2.24) is 29.6 Å². The molecule has 136 valence electrons. The van der Waals surface area contributed by atoms with E-state index in [1.165, 1.54) is 0 Å². The first kappa shape index (κ1) is 16.9. The lowest BCUT2D eigenvalue weighted by atomic mass is 10.1. The highest BCUT2D eigenvalue weighted by atomic mass is 16.5. The zero-order valence-corrected chi connectivity index (χ0v) is 15.5. The molecular weight excluding hydrogens is 344 g/mol. The molecule has 4 aromatic heterocycles. The summed E-state index contributed by atoms with van der Waals surface area (Å²) < 4.78 is 6.89. The average Bonchev–Trinajstić information content (AvgIpc) is 3.24. The van der Waals surface area contributed by atoms with Gasteiger partial charge in [-0.2, -0.15) is 4.98 Å². The molecule has 8 nitrogen and oxygen atoms in total. The summed E-state index contributed by atoms with van der Waals surface area (Å²) in [6, 6.07) is 7.49. The first-order chi connectivity index (χ1) is 12.9. The zero-order chi connectivity index (χ0) is 19.1. The highest BCUT2D eigenvalue weighted by Gasteiger charge is 2.16.